The number of benzene rings is 1. The van der Waals surface area contributed by atoms with Crippen LogP contribution in [0.25, 0.3) is 0 Å². The largest absolute Gasteiger partial charge is 0.389 e. The van der Waals surface area contributed by atoms with Crippen LogP contribution in [-0.4, -0.2) is 30.8 Å². The monoisotopic (exact) mass is 332 g/mol. The fourth-order valence-corrected chi connectivity index (χ4v) is 4.42. The van der Waals surface area contributed by atoms with Gasteiger partial charge >= 0.3 is 0 Å². The molecule has 1 heterocycles. The Hall–Kier alpha value is -0.690. The third-order valence-electron chi connectivity index (χ3n) is 3.40. The Morgan fingerprint density at radius 2 is 1.80 bits per heavy atom. The summed E-state index contributed by atoms with van der Waals surface area (Å²) < 4.78 is 26.9. The molecule has 7 heteroatoms. The maximum Gasteiger partial charge on any atom is 0.244 e. The Labute approximate surface area is 130 Å². The lowest BCUT2D eigenvalue weighted by atomic mass is 10.2. The van der Waals surface area contributed by atoms with E-state index in [1.807, 2.05) is 0 Å². The van der Waals surface area contributed by atoms with E-state index in [-0.39, 0.29) is 14.9 Å². The zero-order valence-corrected chi connectivity index (χ0v) is 13.4. The normalized spacial score (nSPS) is 17.6. The molecule has 110 valence electrons. The van der Waals surface area contributed by atoms with Crippen molar-refractivity contribution in [1.29, 1.82) is 0 Å². The summed E-state index contributed by atoms with van der Waals surface area (Å²) in [6.07, 6.45) is 3.89. The number of halogens is 1. The van der Waals surface area contributed by atoms with Gasteiger partial charge in [0.25, 0.3) is 0 Å². The molecule has 1 saturated heterocycles. The molecule has 1 aliphatic heterocycles. The van der Waals surface area contributed by atoms with Crippen molar-refractivity contribution in [3.63, 3.8) is 0 Å². The Kier molecular flexibility index (Phi) is 5.01. The third-order valence-corrected chi connectivity index (χ3v) is 6.01. The highest BCUT2D eigenvalue weighted by Gasteiger charge is 2.27. The third kappa shape index (κ3) is 3.31. The second-order valence-corrected chi connectivity index (χ2v) is 7.58. The van der Waals surface area contributed by atoms with Crippen LogP contribution >= 0.6 is 23.8 Å². The van der Waals surface area contributed by atoms with Gasteiger partial charge in [-0.25, -0.2) is 8.42 Å². The minimum atomic E-state index is -3.59. The van der Waals surface area contributed by atoms with Gasteiger partial charge in [-0.15, -0.1) is 0 Å². The maximum absolute atomic E-state index is 12.7. The Balaban J connectivity index is 2.42. The molecule has 2 N–H and O–H groups in total. The summed E-state index contributed by atoms with van der Waals surface area (Å²) in [5, 5.41) is 0.203. The molecule has 1 aromatic rings. The fourth-order valence-electron chi connectivity index (χ4n) is 2.28. The van der Waals surface area contributed by atoms with Crippen molar-refractivity contribution < 1.29 is 8.42 Å². The summed E-state index contributed by atoms with van der Waals surface area (Å²) in [5.74, 6) is 0. The summed E-state index contributed by atoms with van der Waals surface area (Å²) in [4.78, 5) is 0.250. The van der Waals surface area contributed by atoms with E-state index in [1.165, 1.54) is 16.4 Å². The minimum absolute atomic E-state index is 0.0892. The van der Waals surface area contributed by atoms with Gasteiger partial charge < -0.3 is 5.73 Å². The average Bonchev–Trinajstić information content (AvgIpc) is 2.68. The first-order chi connectivity index (χ1) is 9.43. The molecule has 1 aliphatic rings. The van der Waals surface area contributed by atoms with E-state index >= 15 is 0 Å². The molecule has 0 saturated carbocycles. The van der Waals surface area contributed by atoms with Crippen LogP contribution in [0.15, 0.2) is 23.1 Å². The smallest absolute Gasteiger partial charge is 0.244 e. The van der Waals surface area contributed by atoms with Crippen LogP contribution in [0.4, 0.5) is 0 Å². The van der Waals surface area contributed by atoms with Crippen LogP contribution in [-0.2, 0) is 10.0 Å². The summed E-state index contributed by atoms with van der Waals surface area (Å²) in [6.45, 7) is 1.08. The molecule has 1 fully saturated rings. The van der Waals surface area contributed by atoms with Crippen LogP contribution in [0.1, 0.15) is 31.2 Å². The minimum Gasteiger partial charge on any atom is -0.389 e. The molecule has 0 aliphatic carbocycles. The van der Waals surface area contributed by atoms with Gasteiger partial charge in [0.15, 0.2) is 0 Å². The van der Waals surface area contributed by atoms with Crippen molar-refractivity contribution in [2.24, 2.45) is 5.73 Å². The number of thiocarbonyl (C=S) groups is 1. The zero-order chi connectivity index (χ0) is 14.8. The number of nitrogens with two attached hydrogens (primary N) is 1. The van der Waals surface area contributed by atoms with Gasteiger partial charge in [0.05, 0.1) is 5.02 Å². The molecular formula is C13H17ClN2O2S2. The summed E-state index contributed by atoms with van der Waals surface area (Å²) >= 11 is 10.9. The first-order valence-corrected chi connectivity index (χ1v) is 8.75. The van der Waals surface area contributed by atoms with Gasteiger partial charge in [0.1, 0.15) is 9.88 Å². The van der Waals surface area contributed by atoms with Crippen molar-refractivity contribution in [3.8, 4) is 0 Å². The molecule has 0 spiro atoms. The number of hydrogen-bond acceptors (Lipinski definition) is 3. The molecule has 20 heavy (non-hydrogen) atoms. The van der Waals surface area contributed by atoms with E-state index < -0.39 is 10.0 Å². The molecule has 0 radical (unpaired) electrons. The van der Waals surface area contributed by atoms with Gasteiger partial charge in [-0.3, -0.25) is 0 Å². The molecule has 2 rings (SSSR count). The number of rotatable bonds is 3. The van der Waals surface area contributed by atoms with Crippen LogP contribution < -0.4 is 5.73 Å². The van der Waals surface area contributed by atoms with Crippen LogP contribution in [0.2, 0.25) is 5.02 Å². The van der Waals surface area contributed by atoms with E-state index in [2.05, 4.69) is 0 Å². The van der Waals surface area contributed by atoms with E-state index in [4.69, 9.17) is 29.6 Å². The van der Waals surface area contributed by atoms with Crippen molar-refractivity contribution in [2.75, 3.05) is 13.1 Å². The number of hydrogen-bond donors (Lipinski definition) is 1. The van der Waals surface area contributed by atoms with Gasteiger partial charge in [0, 0.05) is 18.7 Å². The second kappa shape index (κ2) is 6.39. The summed E-state index contributed by atoms with van der Waals surface area (Å²) in [6, 6.07) is 4.62. The molecule has 0 aromatic heterocycles. The lowest BCUT2D eigenvalue weighted by Crippen LogP contribution is -2.32. The predicted octanol–water partition coefficient (Wildman–Crippen LogP) is 2.54. The van der Waals surface area contributed by atoms with E-state index in [1.54, 1.807) is 6.07 Å². The maximum atomic E-state index is 12.7. The molecule has 0 unspecified atom stereocenters. The topological polar surface area (TPSA) is 63.4 Å². The number of sulfonamides is 1. The van der Waals surface area contributed by atoms with Crippen molar-refractivity contribution >= 4 is 38.8 Å². The van der Waals surface area contributed by atoms with Crippen molar-refractivity contribution in [2.45, 2.75) is 30.6 Å². The second-order valence-electron chi connectivity index (χ2n) is 4.83. The lowest BCUT2D eigenvalue weighted by molar-refractivity contribution is 0.424. The van der Waals surface area contributed by atoms with E-state index in [9.17, 15) is 8.42 Å². The highest BCUT2D eigenvalue weighted by Crippen LogP contribution is 2.27. The Bertz CT molecular complexity index is 609. The van der Waals surface area contributed by atoms with Crippen molar-refractivity contribution in [1.82, 2.24) is 4.31 Å². The summed E-state index contributed by atoms with van der Waals surface area (Å²) in [5.41, 5.74) is 6.07. The molecule has 4 nitrogen and oxygen atoms in total. The highest BCUT2D eigenvalue weighted by molar-refractivity contribution is 7.89. The van der Waals surface area contributed by atoms with Crippen LogP contribution in [0.5, 0.6) is 0 Å². The van der Waals surface area contributed by atoms with Crippen molar-refractivity contribution in [3.05, 3.63) is 28.8 Å². The molecule has 0 atom stereocenters. The van der Waals surface area contributed by atoms with Gasteiger partial charge in [0.2, 0.25) is 10.0 Å². The van der Waals surface area contributed by atoms with E-state index in [0.717, 1.165) is 25.7 Å². The first-order valence-electron chi connectivity index (χ1n) is 6.52. The van der Waals surface area contributed by atoms with E-state index in [0.29, 0.717) is 18.7 Å². The number of nitrogens with zero attached hydrogens (tertiary/aromatic N) is 1. The first kappa shape index (κ1) is 15.7. The summed E-state index contributed by atoms with van der Waals surface area (Å²) in [7, 11) is -3.59. The quantitative estimate of drug-likeness (QED) is 0.864. The molecule has 0 bridgehead atoms. The molecule has 0 amide bonds. The van der Waals surface area contributed by atoms with Crippen LogP contribution in [0.3, 0.4) is 0 Å². The van der Waals surface area contributed by atoms with Gasteiger partial charge in [-0.2, -0.15) is 4.31 Å². The SMILES string of the molecule is NC(=S)c1ccc(Cl)c(S(=O)(=O)N2CCCCCC2)c1. The fraction of sp³-hybridized carbons (Fsp3) is 0.462. The lowest BCUT2D eigenvalue weighted by Gasteiger charge is -2.21. The average molecular weight is 333 g/mol. The highest BCUT2D eigenvalue weighted by atomic mass is 35.5. The van der Waals surface area contributed by atoms with Gasteiger partial charge in [-0.05, 0) is 25.0 Å². The molecule has 1 aromatic carbocycles. The molecular weight excluding hydrogens is 316 g/mol. The Morgan fingerprint density at radius 3 is 2.35 bits per heavy atom. The van der Waals surface area contributed by atoms with Crippen LogP contribution in [0, 0.1) is 0 Å². The zero-order valence-electron chi connectivity index (χ0n) is 11.0. The predicted molar refractivity (Wildman–Crippen MR) is 84.6 cm³/mol. The standard InChI is InChI=1S/C13H17ClN2O2S2/c14-11-6-5-10(13(15)19)9-12(11)20(17,18)16-7-3-1-2-4-8-16/h5-6,9H,1-4,7-8H2,(H2,15,19). The Morgan fingerprint density at radius 1 is 1.20 bits per heavy atom. The van der Waals surface area contributed by atoms with Gasteiger partial charge in [-0.1, -0.05) is 42.7 Å².